The molecule has 0 spiro atoms. The number of amides is 1. The molecule has 7 heteroatoms. The van der Waals surface area contributed by atoms with Gasteiger partial charge >= 0.3 is 0 Å². The van der Waals surface area contributed by atoms with Gasteiger partial charge in [-0.25, -0.2) is 8.78 Å². The predicted octanol–water partition coefficient (Wildman–Crippen LogP) is 1.42. The molecule has 1 N–H and O–H groups in total. The average Bonchev–Trinajstić information content (AvgIpc) is 2.43. The standard InChI is InChI=1S/C15H20F2N4O/c1-9-2-3-12-10(4-9)5-14(20-19-12)21-7-11(8-21)15(22)18-6-13(16)17/h5,9,11,13H,2-4,6-8H2,1H3,(H,18,22). The Morgan fingerprint density at radius 3 is 2.95 bits per heavy atom. The summed E-state index contributed by atoms with van der Waals surface area (Å²) in [5, 5.41) is 10.8. The maximum absolute atomic E-state index is 12.1. The Balaban J connectivity index is 1.57. The molecule has 1 aromatic rings. The van der Waals surface area contributed by atoms with Crippen LogP contribution in [0.5, 0.6) is 0 Å². The van der Waals surface area contributed by atoms with E-state index in [-0.39, 0.29) is 11.8 Å². The summed E-state index contributed by atoms with van der Waals surface area (Å²) in [6.45, 7) is 2.68. The quantitative estimate of drug-likeness (QED) is 0.914. The second-order valence-corrected chi connectivity index (χ2v) is 6.26. The number of hydrogen-bond donors (Lipinski definition) is 1. The van der Waals surface area contributed by atoms with E-state index in [9.17, 15) is 13.6 Å². The van der Waals surface area contributed by atoms with Crippen LogP contribution < -0.4 is 10.2 Å². The second-order valence-electron chi connectivity index (χ2n) is 6.26. The van der Waals surface area contributed by atoms with Gasteiger partial charge in [-0.15, -0.1) is 5.10 Å². The Kier molecular flexibility index (Phi) is 4.22. The van der Waals surface area contributed by atoms with Crippen LogP contribution in [0.15, 0.2) is 6.07 Å². The van der Waals surface area contributed by atoms with Crippen LogP contribution in [-0.2, 0) is 17.6 Å². The molecule has 0 bridgehead atoms. The molecular weight excluding hydrogens is 290 g/mol. The largest absolute Gasteiger partial charge is 0.353 e. The minimum atomic E-state index is -2.51. The number of nitrogens with zero attached hydrogens (tertiary/aromatic N) is 3. The first-order valence-corrected chi connectivity index (χ1v) is 7.69. The lowest BCUT2D eigenvalue weighted by atomic mass is 9.88. The van der Waals surface area contributed by atoms with Crippen LogP contribution in [-0.4, -0.2) is 42.2 Å². The fourth-order valence-corrected chi connectivity index (χ4v) is 3.00. The van der Waals surface area contributed by atoms with Gasteiger partial charge in [0.25, 0.3) is 6.43 Å². The second kappa shape index (κ2) is 6.14. The zero-order valence-electron chi connectivity index (χ0n) is 12.6. The summed E-state index contributed by atoms with van der Waals surface area (Å²) in [7, 11) is 0. The zero-order valence-corrected chi connectivity index (χ0v) is 12.6. The highest BCUT2D eigenvalue weighted by molar-refractivity contribution is 5.81. The highest BCUT2D eigenvalue weighted by Crippen LogP contribution is 2.28. The summed E-state index contributed by atoms with van der Waals surface area (Å²) >= 11 is 0. The number of aryl methyl sites for hydroxylation is 1. The van der Waals surface area contributed by atoms with Crippen molar-refractivity contribution in [3.05, 3.63) is 17.3 Å². The van der Waals surface area contributed by atoms with Crippen LogP contribution in [0.4, 0.5) is 14.6 Å². The number of anilines is 1. The number of carbonyl (C=O) groups excluding carboxylic acids is 1. The Morgan fingerprint density at radius 1 is 1.45 bits per heavy atom. The van der Waals surface area contributed by atoms with Crippen molar-refractivity contribution < 1.29 is 13.6 Å². The molecule has 1 aromatic heterocycles. The molecule has 0 radical (unpaired) electrons. The minimum Gasteiger partial charge on any atom is -0.353 e. The van der Waals surface area contributed by atoms with Crippen LogP contribution in [0.2, 0.25) is 0 Å². The molecule has 1 atom stereocenters. The van der Waals surface area contributed by atoms with Gasteiger partial charge in [0.2, 0.25) is 5.91 Å². The normalized spacial score (nSPS) is 21.5. The first kappa shape index (κ1) is 15.1. The van der Waals surface area contributed by atoms with Gasteiger partial charge in [0.15, 0.2) is 5.82 Å². The van der Waals surface area contributed by atoms with Crippen molar-refractivity contribution >= 4 is 11.7 Å². The molecule has 120 valence electrons. The maximum atomic E-state index is 12.1. The fourth-order valence-electron chi connectivity index (χ4n) is 3.00. The number of halogens is 2. The number of rotatable bonds is 4. The molecule has 3 rings (SSSR count). The van der Waals surface area contributed by atoms with Crippen LogP contribution in [0.1, 0.15) is 24.6 Å². The highest BCUT2D eigenvalue weighted by atomic mass is 19.3. The molecule has 1 unspecified atom stereocenters. The van der Waals surface area contributed by atoms with Crippen LogP contribution >= 0.6 is 0 Å². The lowest BCUT2D eigenvalue weighted by Gasteiger charge is -2.39. The lowest BCUT2D eigenvalue weighted by Crippen LogP contribution is -2.54. The topological polar surface area (TPSA) is 58.1 Å². The van der Waals surface area contributed by atoms with E-state index in [4.69, 9.17) is 0 Å². The van der Waals surface area contributed by atoms with Crippen LogP contribution in [0.25, 0.3) is 0 Å². The molecule has 1 aliphatic heterocycles. The smallest absolute Gasteiger partial charge is 0.255 e. The minimum absolute atomic E-state index is 0.240. The van der Waals surface area contributed by atoms with Crippen molar-refractivity contribution in [3.8, 4) is 0 Å². The lowest BCUT2D eigenvalue weighted by molar-refractivity contribution is -0.126. The molecule has 0 aromatic carbocycles. The van der Waals surface area contributed by atoms with Gasteiger partial charge in [-0.3, -0.25) is 4.79 Å². The van der Waals surface area contributed by atoms with Crippen molar-refractivity contribution in [1.82, 2.24) is 15.5 Å². The molecule has 2 aliphatic rings. The van der Waals surface area contributed by atoms with Gasteiger partial charge in [0.05, 0.1) is 18.2 Å². The van der Waals surface area contributed by atoms with Gasteiger partial charge < -0.3 is 10.2 Å². The van der Waals surface area contributed by atoms with E-state index in [2.05, 4.69) is 28.5 Å². The van der Waals surface area contributed by atoms with Gasteiger partial charge in [-0.2, -0.15) is 5.10 Å². The third kappa shape index (κ3) is 3.18. The molecule has 5 nitrogen and oxygen atoms in total. The van der Waals surface area contributed by atoms with E-state index >= 15 is 0 Å². The Bertz CT molecular complexity index is 560. The number of alkyl halides is 2. The number of carbonyl (C=O) groups is 1. The maximum Gasteiger partial charge on any atom is 0.255 e. The molecule has 1 fully saturated rings. The summed E-state index contributed by atoms with van der Waals surface area (Å²) < 4.78 is 24.1. The third-order valence-corrected chi connectivity index (χ3v) is 4.40. The summed E-state index contributed by atoms with van der Waals surface area (Å²) in [5.41, 5.74) is 2.32. The Labute approximate surface area is 128 Å². The van der Waals surface area contributed by atoms with Gasteiger partial charge in [-0.05, 0) is 36.8 Å². The fraction of sp³-hybridized carbons (Fsp3) is 0.667. The molecular formula is C15H20F2N4O. The molecule has 1 aliphatic carbocycles. The molecule has 2 heterocycles. The number of aromatic nitrogens is 2. The SMILES string of the molecule is CC1CCc2nnc(N3CC(C(=O)NCC(F)F)C3)cc2C1. The van der Waals surface area contributed by atoms with E-state index < -0.39 is 13.0 Å². The highest BCUT2D eigenvalue weighted by Gasteiger charge is 2.34. The number of hydrogen-bond acceptors (Lipinski definition) is 4. The van der Waals surface area contributed by atoms with Crippen molar-refractivity contribution in [2.24, 2.45) is 11.8 Å². The third-order valence-electron chi connectivity index (χ3n) is 4.40. The number of fused-ring (bicyclic) bond motifs is 1. The van der Waals surface area contributed by atoms with Gasteiger partial charge in [0.1, 0.15) is 0 Å². The zero-order chi connectivity index (χ0) is 15.7. The van der Waals surface area contributed by atoms with E-state index in [1.54, 1.807) is 0 Å². The van der Waals surface area contributed by atoms with E-state index in [0.717, 1.165) is 30.8 Å². The summed E-state index contributed by atoms with van der Waals surface area (Å²) in [4.78, 5) is 13.6. The Hall–Kier alpha value is -1.79. The van der Waals surface area contributed by atoms with E-state index in [0.29, 0.717) is 19.0 Å². The van der Waals surface area contributed by atoms with Gasteiger partial charge in [0, 0.05) is 13.1 Å². The molecule has 1 saturated heterocycles. The van der Waals surface area contributed by atoms with Gasteiger partial charge in [-0.1, -0.05) is 6.92 Å². The van der Waals surface area contributed by atoms with E-state index in [1.807, 2.05) is 4.90 Å². The van der Waals surface area contributed by atoms with Crippen molar-refractivity contribution in [3.63, 3.8) is 0 Å². The first-order chi connectivity index (χ1) is 10.5. The first-order valence-electron chi connectivity index (χ1n) is 7.69. The number of nitrogens with one attached hydrogen (secondary N) is 1. The van der Waals surface area contributed by atoms with Crippen molar-refractivity contribution in [1.29, 1.82) is 0 Å². The average molecular weight is 310 g/mol. The predicted molar refractivity (Wildman–Crippen MR) is 77.9 cm³/mol. The van der Waals surface area contributed by atoms with Crippen molar-refractivity contribution in [2.45, 2.75) is 32.6 Å². The van der Waals surface area contributed by atoms with E-state index in [1.165, 1.54) is 5.56 Å². The summed E-state index contributed by atoms with van der Waals surface area (Å²) in [6.07, 6.45) is 0.637. The van der Waals surface area contributed by atoms with Crippen molar-refractivity contribution in [2.75, 3.05) is 24.5 Å². The summed E-state index contributed by atoms with van der Waals surface area (Å²) in [6, 6.07) is 2.06. The Morgan fingerprint density at radius 2 is 2.23 bits per heavy atom. The van der Waals surface area contributed by atoms with Crippen LogP contribution in [0.3, 0.4) is 0 Å². The summed E-state index contributed by atoms with van der Waals surface area (Å²) in [5.74, 6) is 0.895. The van der Waals surface area contributed by atoms with Crippen LogP contribution in [0, 0.1) is 11.8 Å². The molecule has 1 amide bonds. The molecule has 22 heavy (non-hydrogen) atoms. The monoisotopic (exact) mass is 310 g/mol. The molecule has 0 saturated carbocycles.